The molecule has 0 unspecified atom stereocenters. The van der Waals surface area contributed by atoms with Crippen LogP contribution in [0.2, 0.25) is 0 Å². The highest BCUT2D eigenvalue weighted by atomic mass is 16.2. The van der Waals surface area contributed by atoms with E-state index in [2.05, 4.69) is 16.0 Å². The molecule has 1 aromatic rings. The van der Waals surface area contributed by atoms with Gasteiger partial charge in [0, 0.05) is 17.8 Å². The summed E-state index contributed by atoms with van der Waals surface area (Å²) in [4.78, 5) is 33.8. The monoisotopic (exact) mass is 263 g/mol. The van der Waals surface area contributed by atoms with Gasteiger partial charge in [0.1, 0.15) is 0 Å². The lowest BCUT2D eigenvalue weighted by Crippen LogP contribution is -2.38. The SMILES string of the molecule is CCNC(=O)CNC(=O)Nc1cccc(C(C)=O)c1. The molecule has 0 aliphatic carbocycles. The average Bonchev–Trinajstić information content (AvgIpc) is 2.37. The van der Waals surface area contributed by atoms with Crippen molar-refractivity contribution in [3.05, 3.63) is 29.8 Å². The normalized spacial score (nSPS) is 9.58. The number of hydrogen-bond donors (Lipinski definition) is 3. The maximum absolute atomic E-state index is 11.5. The van der Waals surface area contributed by atoms with Gasteiger partial charge in [-0.1, -0.05) is 12.1 Å². The predicted molar refractivity (Wildman–Crippen MR) is 72.2 cm³/mol. The van der Waals surface area contributed by atoms with Gasteiger partial charge in [-0.25, -0.2) is 4.79 Å². The van der Waals surface area contributed by atoms with Gasteiger partial charge in [-0.3, -0.25) is 9.59 Å². The topological polar surface area (TPSA) is 87.3 Å². The third kappa shape index (κ3) is 5.20. The highest BCUT2D eigenvalue weighted by Crippen LogP contribution is 2.10. The molecule has 0 aromatic heterocycles. The zero-order chi connectivity index (χ0) is 14.3. The summed E-state index contributed by atoms with van der Waals surface area (Å²) in [6.45, 7) is 3.67. The van der Waals surface area contributed by atoms with Crippen LogP contribution in [0.3, 0.4) is 0 Å². The summed E-state index contributed by atoms with van der Waals surface area (Å²) in [7, 11) is 0. The number of nitrogens with one attached hydrogen (secondary N) is 3. The quantitative estimate of drug-likeness (QED) is 0.696. The van der Waals surface area contributed by atoms with E-state index in [0.717, 1.165) is 0 Å². The van der Waals surface area contributed by atoms with E-state index in [-0.39, 0.29) is 18.2 Å². The van der Waals surface area contributed by atoms with Gasteiger partial charge in [-0.05, 0) is 26.0 Å². The van der Waals surface area contributed by atoms with E-state index in [9.17, 15) is 14.4 Å². The summed E-state index contributed by atoms with van der Waals surface area (Å²) < 4.78 is 0. The second-order valence-electron chi connectivity index (χ2n) is 3.90. The Morgan fingerprint density at radius 2 is 1.89 bits per heavy atom. The van der Waals surface area contributed by atoms with Crippen LogP contribution < -0.4 is 16.0 Å². The summed E-state index contributed by atoms with van der Waals surface area (Å²) in [5, 5.41) is 7.53. The fraction of sp³-hybridized carbons (Fsp3) is 0.308. The number of carbonyl (C=O) groups is 3. The molecule has 1 aromatic carbocycles. The van der Waals surface area contributed by atoms with Gasteiger partial charge in [0.15, 0.2) is 5.78 Å². The molecule has 0 atom stereocenters. The van der Waals surface area contributed by atoms with Crippen LogP contribution in [0.15, 0.2) is 24.3 Å². The molecule has 0 heterocycles. The number of Topliss-reactive ketones (excluding diaryl/α,β-unsaturated/α-hetero) is 1. The van der Waals surface area contributed by atoms with E-state index in [1.807, 2.05) is 0 Å². The fourth-order valence-corrected chi connectivity index (χ4v) is 1.41. The van der Waals surface area contributed by atoms with Gasteiger partial charge in [-0.15, -0.1) is 0 Å². The van der Waals surface area contributed by atoms with Gasteiger partial charge < -0.3 is 16.0 Å². The molecule has 0 saturated heterocycles. The van der Waals surface area contributed by atoms with Crippen molar-refractivity contribution in [2.75, 3.05) is 18.4 Å². The first kappa shape index (κ1) is 14.7. The zero-order valence-electron chi connectivity index (χ0n) is 10.9. The number of anilines is 1. The first-order valence-corrected chi connectivity index (χ1v) is 5.95. The summed E-state index contributed by atoms with van der Waals surface area (Å²) in [5.41, 5.74) is 1.02. The molecule has 0 spiro atoms. The Hall–Kier alpha value is -2.37. The third-order valence-corrected chi connectivity index (χ3v) is 2.31. The van der Waals surface area contributed by atoms with Crippen molar-refractivity contribution in [3.8, 4) is 0 Å². The zero-order valence-corrected chi connectivity index (χ0v) is 10.9. The van der Waals surface area contributed by atoms with Crippen LogP contribution in [-0.2, 0) is 4.79 Å². The second kappa shape index (κ2) is 7.15. The van der Waals surface area contributed by atoms with E-state index in [1.165, 1.54) is 6.92 Å². The lowest BCUT2D eigenvalue weighted by atomic mass is 10.1. The minimum absolute atomic E-state index is 0.0774. The molecule has 102 valence electrons. The molecule has 6 heteroatoms. The van der Waals surface area contributed by atoms with Crippen molar-refractivity contribution in [1.82, 2.24) is 10.6 Å². The number of benzene rings is 1. The number of urea groups is 1. The van der Waals surface area contributed by atoms with Gasteiger partial charge in [-0.2, -0.15) is 0 Å². The average molecular weight is 263 g/mol. The lowest BCUT2D eigenvalue weighted by Gasteiger charge is -2.08. The minimum Gasteiger partial charge on any atom is -0.355 e. The number of carbonyl (C=O) groups excluding carboxylic acids is 3. The van der Waals surface area contributed by atoms with Gasteiger partial charge in [0.25, 0.3) is 0 Å². The van der Waals surface area contributed by atoms with Crippen molar-refractivity contribution in [1.29, 1.82) is 0 Å². The largest absolute Gasteiger partial charge is 0.355 e. The van der Waals surface area contributed by atoms with Crippen molar-refractivity contribution in [2.24, 2.45) is 0 Å². The summed E-state index contributed by atoms with van der Waals surface area (Å²) >= 11 is 0. The van der Waals surface area contributed by atoms with E-state index >= 15 is 0 Å². The van der Waals surface area contributed by atoms with Gasteiger partial charge in [0.05, 0.1) is 6.54 Å². The predicted octanol–water partition coefficient (Wildman–Crippen LogP) is 1.15. The van der Waals surface area contributed by atoms with Crippen LogP contribution in [0.1, 0.15) is 24.2 Å². The van der Waals surface area contributed by atoms with Crippen molar-refractivity contribution in [3.63, 3.8) is 0 Å². The summed E-state index contributed by atoms with van der Waals surface area (Å²) in [6, 6.07) is 6.09. The second-order valence-corrected chi connectivity index (χ2v) is 3.90. The van der Waals surface area contributed by atoms with Crippen LogP contribution in [0.4, 0.5) is 10.5 Å². The van der Waals surface area contributed by atoms with E-state index in [4.69, 9.17) is 0 Å². The van der Waals surface area contributed by atoms with E-state index < -0.39 is 6.03 Å². The van der Waals surface area contributed by atoms with E-state index in [0.29, 0.717) is 17.8 Å². The minimum atomic E-state index is -0.494. The van der Waals surface area contributed by atoms with Crippen LogP contribution in [0, 0.1) is 0 Å². The standard InChI is InChI=1S/C13H17N3O3/c1-3-14-12(18)8-15-13(19)16-11-6-4-5-10(7-11)9(2)17/h4-7H,3,8H2,1-2H3,(H,14,18)(H2,15,16,19). The molecule has 0 fully saturated rings. The molecule has 19 heavy (non-hydrogen) atoms. The Morgan fingerprint density at radius 3 is 2.53 bits per heavy atom. The lowest BCUT2D eigenvalue weighted by molar-refractivity contribution is -0.119. The molecule has 0 bridgehead atoms. The first-order chi connectivity index (χ1) is 9.02. The highest BCUT2D eigenvalue weighted by Gasteiger charge is 2.06. The molecule has 0 saturated carbocycles. The Bertz CT molecular complexity index is 486. The molecular weight excluding hydrogens is 246 g/mol. The molecule has 1 rings (SSSR count). The maximum atomic E-state index is 11.5. The maximum Gasteiger partial charge on any atom is 0.319 e. The first-order valence-electron chi connectivity index (χ1n) is 5.95. The van der Waals surface area contributed by atoms with Crippen LogP contribution >= 0.6 is 0 Å². The van der Waals surface area contributed by atoms with Crippen molar-refractivity contribution >= 4 is 23.4 Å². The molecule has 0 radical (unpaired) electrons. The molecule has 3 N–H and O–H groups in total. The van der Waals surface area contributed by atoms with E-state index in [1.54, 1.807) is 31.2 Å². The molecule has 0 aliphatic heterocycles. The van der Waals surface area contributed by atoms with Crippen LogP contribution in [0.25, 0.3) is 0 Å². The molecule has 6 nitrogen and oxygen atoms in total. The van der Waals surface area contributed by atoms with Gasteiger partial charge >= 0.3 is 6.03 Å². The number of likely N-dealkylation sites (N-methyl/N-ethyl adjacent to an activating group) is 1. The fourth-order valence-electron chi connectivity index (χ4n) is 1.41. The van der Waals surface area contributed by atoms with Crippen LogP contribution in [0.5, 0.6) is 0 Å². The number of amides is 3. The Kier molecular flexibility index (Phi) is 5.53. The molecular formula is C13H17N3O3. The van der Waals surface area contributed by atoms with Crippen molar-refractivity contribution in [2.45, 2.75) is 13.8 Å². The smallest absolute Gasteiger partial charge is 0.319 e. The number of ketones is 1. The third-order valence-electron chi connectivity index (χ3n) is 2.31. The Labute approximate surface area is 111 Å². The van der Waals surface area contributed by atoms with Crippen LogP contribution in [-0.4, -0.2) is 30.8 Å². The summed E-state index contributed by atoms with van der Waals surface area (Å²) in [5.74, 6) is -0.332. The summed E-state index contributed by atoms with van der Waals surface area (Å²) in [6.07, 6.45) is 0. The van der Waals surface area contributed by atoms with Gasteiger partial charge in [0.2, 0.25) is 5.91 Å². The number of rotatable bonds is 5. The Balaban J connectivity index is 2.50. The Morgan fingerprint density at radius 1 is 1.16 bits per heavy atom. The molecule has 3 amide bonds. The number of hydrogen-bond acceptors (Lipinski definition) is 3. The van der Waals surface area contributed by atoms with Crippen molar-refractivity contribution < 1.29 is 14.4 Å². The highest BCUT2D eigenvalue weighted by molar-refractivity contribution is 5.97. The molecule has 0 aliphatic rings.